The Morgan fingerprint density at radius 3 is 2.42 bits per heavy atom. The van der Waals surface area contributed by atoms with E-state index in [0.717, 1.165) is 0 Å². The van der Waals surface area contributed by atoms with Gasteiger partial charge in [-0.05, 0) is 11.8 Å². The third-order valence-electron chi connectivity index (χ3n) is 1.28. The Morgan fingerprint density at radius 1 is 1.58 bits per heavy atom. The second-order valence-corrected chi connectivity index (χ2v) is 5.35. The Kier molecular flexibility index (Phi) is 4.37. The van der Waals surface area contributed by atoms with Crippen LogP contribution >= 0.6 is 7.75 Å². The first kappa shape index (κ1) is 12.1. The summed E-state index contributed by atoms with van der Waals surface area (Å²) >= 11 is 0. The molecule has 1 unspecified atom stereocenters. The quantitative estimate of drug-likeness (QED) is 0.355. The second-order valence-electron chi connectivity index (χ2n) is 3.79. The summed E-state index contributed by atoms with van der Waals surface area (Å²) < 4.78 is 15.4. The molecule has 0 radical (unpaired) electrons. The van der Waals surface area contributed by atoms with Crippen molar-refractivity contribution in [3.8, 4) is 0 Å². The van der Waals surface area contributed by atoms with Gasteiger partial charge >= 0.3 is 7.75 Å². The van der Waals surface area contributed by atoms with Crippen LogP contribution in [0.2, 0.25) is 0 Å². The lowest BCUT2D eigenvalue weighted by Crippen LogP contribution is -2.20. The van der Waals surface area contributed by atoms with Crippen LogP contribution in [0.15, 0.2) is 0 Å². The minimum atomic E-state index is -3.73. The number of hydrogen-bond donors (Lipinski definition) is 3. The van der Waals surface area contributed by atoms with Gasteiger partial charge in [-0.1, -0.05) is 20.8 Å². The lowest BCUT2D eigenvalue weighted by molar-refractivity contribution is 0.209. The number of nitrogens with two attached hydrogens (primary N) is 1. The average molecular weight is 196 g/mol. The monoisotopic (exact) mass is 196 g/mol. The summed E-state index contributed by atoms with van der Waals surface area (Å²) in [6, 6.07) is 0. The first-order valence-electron chi connectivity index (χ1n) is 3.72. The van der Waals surface area contributed by atoms with Crippen molar-refractivity contribution in [2.24, 2.45) is 11.3 Å². The van der Waals surface area contributed by atoms with Crippen LogP contribution in [0.5, 0.6) is 0 Å². The van der Waals surface area contributed by atoms with Crippen LogP contribution in [-0.2, 0) is 9.09 Å². The van der Waals surface area contributed by atoms with Crippen LogP contribution in [0.3, 0.4) is 0 Å². The number of hydrazine groups is 1. The molecule has 0 aromatic heterocycles. The molecule has 0 aromatic carbocycles. The molecule has 1 atom stereocenters. The molecule has 0 saturated carbocycles. The number of nitrogens with one attached hydrogen (secondary N) is 1. The van der Waals surface area contributed by atoms with Crippen LogP contribution < -0.4 is 11.0 Å². The number of rotatable bonds is 4. The SMILES string of the molecule is CC(C)(C)CCOP(=O)(O)NN. The lowest BCUT2D eigenvalue weighted by Gasteiger charge is -2.18. The van der Waals surface area contributed by atoms with Gasteiger partial charge in [-0.25, -0.2) is 4.57 Å². The Hall–Kier alpha value is 0.0700. The summed E-state index contributed by atoms with van der Waals surface area (Å²) in [5.41, 5.74) is 0.0919. The van der Waals surface area contributed by atoms with Crippen molar-refractivity contribution in [2.75, 3.05) is 6.61 Å². The predicted molar refractivity (Wildman–Crippen MR) is 47.2 cm³/mol. The van der Waals surface area contributed by atoms with Crippen molar-refractivity contribution in [3.05, 3.63) is 0 Å². The zero-order valence-corrected chi connectivity index (χ0v) is 8.60. The molecular formula is C6H17N2O3P. The van der Waals surface area contributed by atoms with Gasteiger partial charge < -0.3 is 4.89 Å². The summed E-state index contributed by atoms with van der Waals surface area (Å²) in [7, 11) is -3.73. The average Bonchev–Trinajstić information content (AvgIpc) is 1.84. The summed E-state index contributed by atoms with van der Waals surface area (Å²) in [5.74, 6) is 4.77. The molecule has 0 heterocycles. The second kappa shape index (κ2) is 4.35. The van der Waals surface area contributed by atoms with Gasteiger partial charge in [0.05, 0.1) is 6.61 Å². The highest BCUT2D eigenvalue weighted by Crippen LogP contribution is 2.35. The van der Waals surface area contributed by atoms with Crippen molar-refractivity contribution < 1.29 is 14.0 Å². The van der Waals surface area contributed by atoms with E-state index >= 15 is 0 Å². The third-order valence-corrected chi connectivity index (χ3v) is 2.14. The van der Waals surface area contributed by atoms with E-state index < -0.39 is 7.75 Å². The van der Waals surface area contributed by atoms with E-state index in [0.29, 0.717) is 6.42 Å². The summed E-state index contributed by atoms with van der Waals surface area (Å²) in [6.45, 7) is 6.29. The zero-order valence-electron chi connectivity index (χ0n) is 7.70. The molecule has 12 heavy (non-hydrogen) atoms. The first-order valence-corrected chi connectivity index (χ1v) is 5.30. The van der Waals surface area contributed by atoms with Gasteiger partial charge in [-0.3, -0.25) is 10.4 Å². The molecule has 0 bridgehead atoms. The molecule has 0 aliphatic carbocycles. The van der Waals surface area contributed by atoms with Crippen LogP contribution in [-0.4, -0.2) is 11.5 Å². The molecule has 4 N–H and O–H groups in total. The van der Waals surface area contributed by atoms with E-state index in [1.54, 1.807) is 5.20 Å². The van der Waals surface area contributed by atoms with Crippen LogP contribution in [0.1, 0.15) is 27.2 Å². The maximum atomic E-state index is 10.8. The van der Waals surface area contributed by atoms with E-state index in [-0.39, 0.29) is 12.0 Å². The Labute approximate surface area is 72.9 Å². The van der Waals surface area contributed by atoms with E-state index in [9.17, 15) is 4.57 Å². The summed E-state index contributed by atoms with van der Waals surface area (Å²) in [4.78, 5) is 8.82. The highest BCUT2D eigenvalue weighted by molar-refractivity contribution is 7.50. The summed E-state index contributed by atoms with van der Waals surface area (Å²) in [5, 5.41) is 1.72. The van der Waals surface area contributed by atoms with Gasteiger partial charge in [0.25, 0.3) is 0 Å². The maximum absolute atomic E-state index is 10.8. The van der Waals surface area contributed by atoms with Crippen molar-refractivity contribution in [1.29, 1.82) is 0 Å². The fourth-order valence-electron chi connectivity index (χ4n) is 0.513. The molecule has 0 saturated heterocycles. The topological polar surface area (TPSA) is 84.6 Å². The van der Waals surface area contributed by atoms with Gasteiger partial charge in [0.2, 0.25) is 0 Å². The van der Waals surface area contributed by atoms with Gasteiger partial charge in [0.15, 0.2) is 0 Å². The normalized spacial score (nSPS) is 17.4. The van der Waals surface area contributed by atoms with E-state index in [1.807, 2.05) is 20.8 Å². The molecule has 0 spiro atoms. The smallest absolute Gasteiger partial charge is 0.312 e. The summed E-state index contributed by atoms with van der Waals surface area (Å²) in [6.07, 6.45) is 0.708. The van der Waals surface area contributed by atoms with Gasteiger partial charge in [-0.15, -0.1) is 0 Å². The van der Waals surface area contributed by atoms with E-state index in [2.05, 4.69) is 4.52 Å². The standard InChI is InChI=1S/C6H17N2O3P/c1-6(2,3)4-5-11-12(9,10)8-7/h4-5,7H2,1-3H3,(H2,8,9,10). The molecule has 0 amide bonds. The van der Waals surface area contributed by atoms with E-state index in [1.165, 1.54) is 0 Å². The van der Waals surface area contributed by atoms with Crippen LogP contribution in [0, 0.1) is 5.41 Å². The van der Waals surface area contributed by atoms with Gasteiger partial charge in [-0.2, -0.15) is 5.20 Å². The highest BCUT2D eigenvalue weighted by atomic mass is 31.2. The molecule has 0 rings (SSSR count). The molecule has 0 aromatic rings. The minimum absolute atomic E-state index is 0.0919. The Morgan fingerprint density at radius 2 is 2.08 bits per heavy atom. The van der Waals surface area contributed by atoms with Crippen molar-refractivity contribution >= 4 is 7.75 Å². The zero-order chi connectivity index (χ0) is 9.83. The first-order chi connectivity index (χ1) is 5.27. The van der Waals surface area contributed by atoms with Crippen LogP contribution in [0.4, 0.5) is 0 Å². The van der Waals surface area contributed by atoms with Crippen molar-refractivity contribution in [3.63, 3.8) is 0 Å². The Bertz CT molecular complexity index is 178. The molecule has 0 fully saturated rings. The van der Waals surface area contributed by atoms with Crippen molar-refractivity contribution in [2.45, 2.75) is 27.2 Å². The molecular weight excluding hydrogens is 179 g/mol. The van der Waals surface area contributed by atoms with Crippen molar-refractivity contribution in [1.82, 2.24) is 5.20 Å². The highest BCUT2D eigenvalue weighted by Gasteiger charge is 2.18. The maximum Gasteiger partial charge on any atom is 0.416 e. The minimum Gasteiger partial charge on any atom is -0.312 e. The molecule has 0 aliphatic rings. The molecule has 5 nitrogen and oxygen atoms in total. The van der Waals surface area contributed by atoms with E-state index in [4.69, 9.17) is 10.7 Å². The Balaban J connectivity index is 3.65. The van der Waals surface area contributed by atoms with Gasteiger partial charge in [0.1, 0.15) is 0 Å². The van der Waals surface area contributed by atoms with Crippen LogP contribution in [0.25, 0.3) is 0 Å². The lowest BCUT2D eigenvalue weighted by atomic mass is 9.93. The fourth-order valence-corrected chi connectivity index (χ4v) is 0.926. The largest absolute Gasteiger partial charge is 0.416 e. The predicted octanol–water partition coefficient (Wildman–Crippen LogP) is 1.00. The number of hydrogen-bond acceptors (Lipinski definition) is 3. The molecule has 6 heteroatoms. The van der Waals surface area contributed by atoms with Gasteiger partial charge in [0, 0.05) is 0 Å². The molecule has 0 aliphatic heterocycles. The molecule has 74 valence electrons. The third kappa shape index (κ3) is 6.76. The fraction of sp³-hybridized carbons (Fsp3) is 1.00.